The minimum Gasteiger partial charge on any atom is -0.320 e. The molecule has 0 radical (unpaired) electrons. The van der Waals surface area contributed by atoms with Gasteiger partial charge in [-0.1, -0.05) is 27.2 Å². The zero-order valence-corrected chi connectivity index (χ0v) is 17.6. The van der Waals surface area contributed by atoms with Gasteiger partial charge >= 0.3 is 21.1 Å². The summed E-state index contributed by atoms with van der Waals surface area (Å²) in [5.41, 5.74) is -1.80. The van der Waals surface area contributed by atoms with Crippen molar-refractivity contribution < 1.29 is 28.2 Å². The molecule has 0 aliphatic rings. The Morgan fingerprint density at radius 3 is 2.36 bits per heavy atom. The molecule has 8 nitrogen and oxygen atoms in total. The topological polar surface area (TPSA) is 125 Å². The van der Waals surface area contributed by atoms with Crippen LogP contribution in [0.5, 0.6) is 0 Å². The molecule has 148 valence electrons. The molecule has 25 heavy (non-hydrogen) atoms. The molecule has 0 bridgehead atoms. The van der Waals surface area contributed by atoms with E-state index in [9.17, 15) is 18.8 Å². The maximum atomic E-state index is 12.0. The summed E-state index contributed by atoms with van der Waals surface area (Å²) in [6, 6.07) is 0.374. The van der Waals surface area contributed by atoms with E-state index in [4.69, 9.17) is 4.89 Å². The Hall–Kier alpha value is -0.360. The van der Waals surface area contributed by atoms with E-state index in [2.05, 4.69) is 35.9 Å². The van der Waals surface area contributed by atoms with Gasteiger partial charge in [-0.25, -0.2) is 0 Å². The molecular weight excluding hydrogens is 366 g/mol. The van der Waals surface area contributed by atoms with Gasteiger partial charge in [-0.3, -0.25) is 14.7 Å². The first kappa shape index (κ1) is 24.6. The molecule has 1 amide bonds. The molecule has 0 heterocycles. The van der Waals surface area contributed by atoms with Crippen LogP contribution in [0.2, 0.25) is 0 Å². The van der Waals surface area contributed by atoms with E-state index in [0.717, 1.165) is 26.4 Å². The third-order valence-electron chi connectivity index (χ3n) is 4.24. The fourth-order valence-electron chi connectivity index (χ4n) is 2.85. The van der Waals surface area contributed by atoms with Crippen molar-refractivity contribution in [2.75, 3.05) is 14.2 Å². The van der Waals surface area contributed by atoms with Crippen molar-refractivity contribution in [2.24, 2.45) is 11.8 Å². The van der Waals surface area contributed by atoms with Crippen molar-refractivity contribution in [1.29, 1.82) is 0 Å². The van der Waals surface area contributed by atoms with E-state index < -0.39 is 27.1 Å². The van der Waals surface area contributed by atoms with Gasteiger partial charge < -0.3 is 14.7 Å². The third-order valence-corrected chi connectivity index (χ3v) is 7.52. The Labute approximate surface area is 151 Å². The number of carbonyl (C=O) groups is 1. The molecule has 0 rings (SSSR count). The second-order valence-electron chi connectivity index (χ2n) is 6.58. The lowest BCUT2D eigenvalue weighted by molar-refractivity contribution is -0.121. The van der Waals surface area contributed by atoms with E-state index in [0.29, 0.717) is 24.3 Å². The molecule has 5 atom stereocenters. The molecule has 0 spiro atoms. The maximum Gasteiger partial charge on any atom is 0.544 e. The van der Waals surface area contributed by atoms with Gasteiger partial charge in [-0.15, -0.1) is 0 Å². The van der Waals surface area contributed by atoms with E-state index in [-0.39, 0.29) is 6.42 Å². The van der Waals surface area contributed by atoms with Crippen molar-refractivity contribution in [3.63, 3.8) is 0 Å². The molecule has 0 aromatic carbocycles. The first-order chi connectivity index (χ1) is 11.6. The highest BCUT2D eigenvalue weighted by atomic mass is 31.2. The molecule has 0 saturated carbocycles. The number of hydrogen-bond donors (Lipinski definition) is 4. The number of hydrogen-bond acceptors (Lipinski definition) is 5. The van der Waals surface area contributed by atoms with Crippen LogP contribution >= 0.6 is 15.6 Å². The number of carbonyl (C=O) groups excluding carboxylic acids is 1. The van der Waals surface area contributed by atoms with E-state index >= 15 is 0 Å². The standard InChI is InChI=1S/C15H32N2O6P2/c1-6-12(13(16-4)10-11(2)3)8-7-9-14(18)17-15(24(19)20)25(21,22)23-5/h11-13,15-16H,6-10H2,1-5H3,(H2-,17,18,19,20,21,22)/p+1. The number of amides is 1. The average molecular weight is 399 g/mol. The van der Waals surface area contributed by atoms with Crippen LogP contribution in [0.15, 0.2) is 0 Å². The van der Waals surface area contributed by atoms with Crippen molar-refractivity contribution in [3.8, 4) is 0 Å². The Balaban J connectivity index is 4.57. The highest BCUT2D eigenvalue weighted by Gasteiger charge is 2.48. The van der Waals surface area contributed by atoms with Crippen LogP contribution in [0.3, 0.4) is 0 Å². The van der Waals surface area contributed by atoms with Crippen LogP contribution in [0, 0.1) is 11.8 Å². The monoisotopic (exact) mass is 399 g/mol. The minimum atomic E-state index is -4.36. The molecule has 0 fully saturated rings. The number of rotatable bonds is 13. The largest absolute Gasteiger partial charge is 0.544 e. The zero-order chi connectivity index (χ0) is 19.6. The van der Waals surface area contributed by atoms with Gasteiger partial charge in [-0.05, 0) is 42.7 Å². The van der Waals surface area contributed by atoms with Crippen LogP contribution in [0.4, 0.5) is 0 Å². The number of nitrogens with one attached hydrogen (secondary N) is 2. The van der Waals surface area contributed by atoms with Gasteiger partial charge in [0.05, 0.1) is 0 Å². The van der Waals surface area contributed by atoms with Crippen LogP contribution in [-0.2, 0) is 18.4 Å². The van der Waals surface area contributed by atoms with Crippen molar-refractivity contribution in [3.05, 3.63) is 0 Å². The molecule has 4 N–H and O–H groups in total. The lowest BCUT2D eigenvalue weighted by Crippen LogP contribution is -2.35. The minimum absolute atomic E-state index is 0.123. The Bertz CT molecular complexity index is 475. The summed E-state index contributed by atoms with van der Waals surface area (Å²) in [5, 5.41) is 5.49. The van der Waals surface area contributed by atoms with E-state index in [1.54, 1.807) is 0 Å². The lowest BCUT2D eigenvalue weighted by Gasteiger charge is -2.27. The van der Waals surface area contributed by atoms with E-state index in [1.165, 1.54) is 0 Å². The summed E-state index contributed by atoms with van der Waals surface area (Å²) in [6.45, 7) is 6.45. The normalized spacial score (nSPS) is 18.3. The van der Waals surface area contributed by atoms with Gasteiger partial charge in [-0.2, -0.15) is 4.89 Å². The van der Waals surface area contributed by atoms with E-state index in [1.807, 2.05) is 7.05 Å². The first-order valence-electron chi connectivity index (χ1n) is 8.59. The molecular formula is C15H33N2O6P2+. The molecule has 0 aliphatic heterocycles. The lowest BCUT2D eigenvalue weighted by atomic mass is 9.86. The fourth-order valence-corrected chi connectivity index (χ4v) is 4.89. The summed E-state index contributed by atoms with van der Waals surface area (Å²) in [7, 11) is -4.54. The van der Waals surface area contributed by atoms with Gasteiger partial charge in [0.1, 0.15) is 0 Å². The summed E-state index contributed by atoms with van der Waals surface area (Å²) < 4.78 is 27.2. The van der Waals surface area contributed by atoms with Gasteiger partial charge in [0, 0.05) is 19.6 Å². The maximum absolute atomic E-state index is 12.0. The molecule has 0 aromatic heterocycles. The average Bonchev–Trinajstić information content (AvgIpc) is 2.54. The second-order valence-corrected chi connectivity index (χ2v) is 10.1. The fraction of sp³-hybridized carbons (Fsp3) is 0.933. The van der Waals surface area contributed by atoms with Crippen LogP contribution < -0.4 is 10.6 Å². The third kappa shape index (κ3) is 9.23. The first-order valence-corrected chi connectivity index (χ1v) is 11.5. The smallest absolute Gasteiger partial charge is 0.320 e. The second kappa shape index (κ2) is 12.1. The molecule has 0 saturated heterocycles. The van der Waals surface area contributed by atoms with Crippen molar-refractivity contribution in [2.45, 2.75) is 64.4 Å². The van der Waals surface area contributed by atoms with Crippen LogP contribution in [0.25, 0.3) is 0 Å². The zero-order valence-electron chi connectivity index (χ0n) is 15.8. The Kier molecular flexibility index (Phi) is 11.9. The van der Waals surface area contributed by atoms with Crippen molar-refractivity contribution in [1.82, 2.24) is 10.6 Å². The quantitative estimate of drug-likeness (QED) is 0.351. The summed E-state index contributed by atoms with van der Waals surface area (Å²) in [4.78, 5) is 30.6. The van der Waals surface area contributed by atoms with Crippen molar-refractivity contribution >= 4 is 21.5 Å². The molecule has 0 aliphatic carbocycles. The highest BCUT2D eigenvalue weighted by molar-refractivity contribution is 7.66. The van der Waals surface area contributed by atoms with Gasteiger partial charge in [0.15, 0.2) is 0 Å². The van der Waals surface area contributed by atoms with Gasteiger partial charge in [0.25, 0.3) is 0 Å². The Morgan fingerprint density at radius 2 is 1.96 bits per heavy atom. The summed E-state index contributed by atoms with van der Waals surface area (Å²) in [5.74, 6) is 0.464. The SMILES string of the molecule is CCC(CCCC(=O)NC([P+](=O)O)P(=O)(O)OC)C(CC(C)C)NC. The summed E-state index contributed by atoms with van der Waals surface area (Å²) in [6.07, 6.45) is 3.59. The van der Waals surface area contributed by atoms with Crippen LogP contribution in [0.1, 0.15) is 52.9 Å². The highest BCUT2D eigenvalue weighted by Crippen LogP contribution is 2.53. The summed E-state index contributed by atoms with van der Waals surface area (Å²) >= 11 is 0. The molecule has 5 unspecified atom stereocenters. The molecule has 0 aromatic rings. The van der Waals surface area contributed by atoms with Crippen LogP contribution in [-0.4, -0.2) is 41.4 Å². The predicted molar refractivity (Wildman–Crippen MR) is 98.5 cm³/mol. The predicted octanol–water partition coefficient (Wildman–Crippen LogP) is 2.78. The molecule has 10 heteroatoms. The van der Waals surface area contributed by atoms with Gasteiger partial charge in [0.2, 0.25) is 5.91 Å². The Morgan fingerprint density at radius 1 is 1.36 bits per heavy atom.